The van der Waals surface area contributed by atoms with Crippen molar-refractivity contribution in [2.45, 2.75) is 50.7 Å². The lowest BCUT2D eigenvalue weighted by atomic mass is 10.1. The zero-order valence-corrected chi connectivity index (χ0v) is 14.9. The van der Waals surface area contributed by atoms with E-state index in [9.17, 15) is 8.42 Å². The fourth-order valence-electron chi connectivity index (χ4n) is 1.94. The smallest absolute Gasteiger partial charge is 0.250 e. The van der Waals surface area contributed by atoms with Crippen LogP contribution in [0.4, 0.5) is 0 Å². The summed E-state index contributed by atoms with van der Waals surface area (Å²) in [6.07, 6.45) is 3.93. The van der Waals surface area contributed by atoms with Gasteiger partial charge in [0.15, 0.2) is 0 Å². The van der Waals surface area contributed by atoms with Gasteiger partial charge in [-0.2, -0.15) is 0 Å². The van der Waals surface area contributed by atoms with E-state index in [-0.39, 0.29) is 0 Å². The predicted molar refractivity (Wildman–Crippen MR) is 90.4 cm³/mol. The minimum absolute atomic E-state index is 0.428. The van der Waals surface area contributed by atoms with Gasteiger partial charge in [0.05, 0.1) is 0 Å². The Morgan fingerprint density at radius 3 is 2.62 bits per heavy atom. The van der Waals surface area contributed by atoms with E-state index < -0.39 is 10.0 Å². The summed E-state index contributed by atoms with van der Waals surface area (Å²) in [6.45, 7) is 8.85. The zero-order valence-electron chi connectivity index (χ0n) is 13.3. The Balaban J connectivity index is 2.42. The maximum Gasteiger partial charge on any atom is 0.250 e. The van der Waals surface area contributed by atoms with Crippen molar-refractivity contribution in [3.63, 3.8) is 0 Å². The summed E-state index contributed by atoms with van der Waals surface area (Å²) in [5.74, 6) is 0.610. The summed E-state index contributed by atoms with van der Waals surface area (Å²) in [5.41, 5.74) is 0. The molecule has 21 heavy (non-hydrogen) atoms. The molecule has 0 aliphatic rings. The number of rotatable bonds is 11. The summed E-state index contributed by atoms with van der Waals surface area (Å²) >= 11 is 1.37. The fraction of sp³-hybridized carbons (Fsp3) is 0.733. The predicted octanol–water partition coefficient (Wildman–Crippen LogP) is 3.00. The third-order valence-corrected chi connectivity index (χ3v) is 6.23. The highest BCUT2D eigenvalue weighted by atomic mass is 32.2. The van der Waals surface area contributed by atoms with Crippen LogP contribution < -0.4 is 10.0 Å². The summed E-state index contributed by atoms with van der Waals surface area (Å²) in [7, 11) is -3.32. The van der Waals surface area contributed by atoms with Gasteiger partial charge in [-0.1, -0.05) is 20.8 Å². The minimum atomic E-state index is -3.32. The third-order valence-electron chi connectivity index (χ3n) is 3.13. The van der Waals surface area contributed by atoms with Gasteiger partial charge in [0.2, 0.25) is 10.0 Å². The molecule has 6 heteroatoms. The highest BCUT2D eigenvalue weighted by Gasteiger charge is 2.16. The number of hydrogen-bond donors (Lipinski definition) is 2. The van der Waals surface area contributed by atoms with Gasteiger partial charge in [-0.05, 0) is 56.8 Å². The molecule has 1 rings (SSSR count). The van der Waals surface area contributed by atoms with Gasteiger partial charge in [0.1, 0.15) is 4.21 Å². The molecule has 0 atom stereocenters. The van der Waals surface area contributed by atoms with Crippen molar-refractivity contribution in [3.8, 4) is 0 Å². The summed E-state index contributed by atoms with van der Waals surface area (Å²) in [5, 5.41) is 3.33. The first-order valence-corrected chi connectivity index (χ1v) is 10.0. The summed E-state index contributed by atoms with van der Waals surface area (Å²) in [6, 6.07) is 3.63. The quantitative estimate of drug-likeness (QED) is 0.613. The van der Waals surface area contributed by atoms with Crippen LogP contribution in [0.2, 0.25) is 0 Å². The van der Waals surface area contributed by atoms with Crippen LogP contribution in [0.25, 0.3) is 0 Å². The standard InChI is InChI=1S/C15H28N2O2S2/c1-4-10-16-12-9-14-7-8-15(20-14)21(18,19)17-11-5-6-13(2)3/h7-8,13,16-17H,4-6,9-12H2,1-3H3. The van der Waals surface area contributed by atoms with Crippen LogP contribution in [0.5, 0.6) is 0 Å². The lowest BCUT2D eigenvalue weighted by Crippen LogP contribution is -2.24. The Kier molecular flexibility index (Phi) is 8.48. The fourth-order valence-corrected chi connectivity index (χ4v) is 4.41. The molecular formula is C15H28N2O2S2. The molecule has 1 aromatic rings. The van der Waals surface area contributed by atoms with Gasteiger partial charge < -0.3 is 5.32 Å². The number of thiophene rings is 1. The van der Waals surface area contributed by atoms with Crippen molar-refractivity contribution in [1.29, 1.82) is 0 Å². The Hall–Kier alpha value is -0.430. The summed E-state index contributed by atoms with van der Waals surface area (Å²) in [4.78, 5) is 1.11. The maximum absolute atomic E-state index is 12.2. The van der Waals surface area contributed by atoms with Crippen LogP contribution in [0.3, 0.4) is 0 Å². The Morgan fingerprint density at radius 1 is 1.19 bits per heavy atom. The molecule has 0 saturated heterocycles. The first-order chi connectivity index (χ1) is 9.95. The molecule has 0 bridgehead atoms. The highest BCUT2D eigenvalue weighted by molar-refractivity contribution is 7.91. The lowest BCUT2D eigenvalue weighted by Gasteiger charge is -2.06. The van der Waals surface area contributed by atoms with E-state index in [0.29, 0.717) is 16.7 Å². The normalized spacial score (nSPS) is 12.2. The lowest BCUT2D eigenvalue weighted by molar-refractivity contribution is 0.540. The van der Waals surface area contributed by atoms with Crippen LogP contribution in [-0.2, 0) is 16.4 Å². The Bertz CT molecular complexity index is 496. The topological polar surface area (TPSA) is 58.2 Å². The molecule has 0 radical (unpaired) electrons. The minimum Gasteiger partial charge on any atom is -0.316 e. The first kappa shape index (κ1) is 18.6. The van der Waals surface area contributed by atoms with E-state index in [0.717, 1.165) is 43.6 Å². The van der Waals surface area contributed by atoms with Gasteiger partial charge in [0.25, 0.3) is 0 Å². The molecule has 0 spiro atoms. The van der Waals surface area contributed by atoms with Gasteiger partial charge in [0, 0.05) is 11.4 Å². The van der Waals surface area contributed by atoms with E-state index in [1.165, 1.54) is 11.3 Å². The SMILES string of the molecule is CCCNCCc1ccc(S(=O)(=O)NCCCC(C)C)s1. The largest absolute Gasteiger partial charge is 0.316 e. The number of hydrogen-bond acceptors (Lipinski definition) is 4. The molecule has 1 aromatic heterocycles. The average Bonchev–Trinajstić information content (AvgIpc) is 2.89. The van der Waals surface area contributed by atoms with Crippen LogP contribution in [0, 0.1) is 5.92 Å². The average molecular weight is 333 g/mol. The van der Waals surface area contributed by atoms with Gasteiger partial charge in [-0.3, -0.25) is 0 Å². The molecule has 122 valence electrons. The second-order valence-electron chi connectivity index (χ2n) is 5.65. The molecule has 0 amide bonds. The van der Waals surface area contributed by atoms with E-state index in [1.807, 2.05) is 6.07 Å². The Labute approximate surface area is 133 Å². The van der Waals surface area contributed by atoms with Crippen LogP contribution in [0.15, 0.2) is 16.3 Å². The molecular weight excluding hydrogens is 304 g/mol. The van der Waals surface area contributed by atoms with Crippen LogP contribution in [0.1, 0.15) is 44.9 Å². The number of nitrogens with one attached hydrogen (secondary N) is 2. The van der Waals surface area contributed by atoms with Crippen molar-refractivity contribution < 1.29 is 8.42 Å². The molecule has 0 aliphatic heterocycles. The molecule has 0 saturated carbocycles. The van der Waals surface area contributed by atoms with Crippen molar-refractivity contribution in [3.05, 3.63) is 17.0 Å². The molecule has 0 fully saturated rings. The van der Waals surface area contributed by atoms with Gasteiger partial charge in [-0.15, -0.1) is 11.3 Å². The van der Waals surface area contributed by atoms with E-state index >= 15 is 0 Å². The second kappa shape index (κ2) is 9.56. The van der Waals surface area contributed by atoms with Crippen LogP contribution in [-0.4, -0.2) is 28.1 Å². The van der Waals surface area contributed by atoms with Crippen molar-refractivity contribution in [1.82, 2.24) is 10.0 Å². The monoisotopic (exact) mass is 332 g/mol. The van der Waals surface area contributed by atoms with Crippen LogP contribution >= 0.6 is 11.3 Å². The molecule has 0 unspecified atom stereocenters. The third kappa shape index (κ3) is 7.40. The maximum atomic E-state index is 12.2. The Morgan fingerprint density at radius 2 is 1.95 bits per heavy atom. The molecule has 0 aliphatic carbocycles. The van der Waals surface area contributed by atoms with Crippen molar-refractivity contribution in [2.75, 3.05) is 19.6 Å². The van der Waals surface area contributed by atoms with E-state index in [4.69, 9.17) is 0 Å². The molecule has 2 N–H and O–H groups in total. The van der Waals surface area contributed by atoms with Gasteiger partial charge >= 0.3 is 0 Å². The molecule has 4 nitrogen and oxygen atoms in total. The summed E-state index contributed by atoms with van der Waals surface area (Å²) < 4.78 is 27.4. The van der Waals surface area contributed by atoms with Crippen molar-refractivity contribution in [2.24, 2.45) is 5.92 Å². The molecule has 1 heterocycles. The number of sulfonamides is 1. The second-order valence-corrected chi connectivity index (χ2v) is 8.82. The molecule has 0 aromatic carbocycles. The zero-order chi connectivity index (χ0) is 15.7. The first-order valence-electron chi connectivity index (χ1n) is 7.74. The van der Waals surface area contributed by atoms with E-state index in [1.54, 1.807) is 6.07 Å². The van der Waals surface area contributed by atoms with Gasteiger partial charge in [-0.25, -0.2) is 13.1 Å². The van der Waals surface area contributed by atoms with E-state index in [2.05, 4.69) is 30.8 Å². The highest BCUT2D eigenvalue weighted by Crippen LogP contribution is 2.21. The van der Waals surface area contributed by atoms with Crippen molar-refractivity contribution >= 4 is 21.4 Å².